The van der Waals surface area contributed by atoms with Gasteiger partial charge in [-0.1, -0.05) is 33.8 Å². The third kappa shape index (κ3) is 6.64. The molecular weight excluding hydrogens is 387 g/mol. The van der Waals surface area contributed by atoms with Crippen molar-refractivity contribution in [1.82, 2.24) is 0 Å². The van der Waals surface area contributed by atoms with Crippen molar-refractivity contribution in [2.45, 2.75) is 27.7 Å². The van der Waals surface area contributed by atoms with E-state index in [9.17, 15) is 4.79 Å². The Morgan fingerprint density at radius 2 is 1.45 bits per heavy atom. The average Bonchev–Trinajstić information content (AvgIpc) is 2.70. The first-order valence-electron chi connectivity index (χ1n) is 9.77. The molecule has 2 rings (SSSR count). The minimum absolute atomic E-state index is 0.0652. The molecule has 0 bridgehead atoms. The Labute approximate surface area is 175 Å². The number of benzene rings is 2. The lowest BCUT2D eigenvalue weighted by molar-refractivity contribution is 0.108. The summed E-state index contributed by atoms with van der Waals surface area (Å²) in [4.78, 5) is 13.1. The topological polar surface area (TPSA) is 54.0 Å². The van der Waals surface area contributed by atoms with E-state index in [0.717, 1.165) is 11.1 Å². The lowest BCUT2D eigenvalue weighted by Crippen LogP contribution is -2.13. The van der Waals surface area contributed by atoms with Gasteiger partial charge in [0, 0.05) is 11.4 Å². The Morgan fingerprint density at radius 3 is 2.00 bits per heavy atom. The van der Waals surface area contributed by atoms with Crippen molar-refractivity contribution >= 4 is 19.4 Å². The van der Waals surface area contributed by atoms with Crippen molar-refractivity contribution < 1.29 is 23.7 Å². The molecule has 158 valence electrons. The molecule has 0 saturated heterocycles. The number of carbonyl (C=O) groups excluding carboxylic acids is 1. The van der Waals surface area contributed by atoms with Gasteiger partial charge in [0.1, 0.15) is 28.6 Å². The number of rotatable bonds is 11. The van der Waals surface area contributed by atoms with Crippen molar-refractivity contribution in [2.24, 2.45) is 11.8 Å². The second-order valence-electron chi connectivity index (χ2n) is 7.56. The van der Waals surface area contributed by atoms with Crippen molar-refractivity contribution in [3.63, 3.8) is 0 Å². The molecule has 1 atom stereocenters. The lowest BCUT2D eigenvalue weighted by atomic mass is 10.2. The monoisotopic (exact) mass is 418 g/mol. The van der Waals surface area contributed by atoms with Crippen LogP contribution in [0.4, 0.5) is 0 Å². The van der Waals surface area contributed by atoms with Gasteiger partial charge in [-0.2, -0.15) is 0 Å². The second-order valence-corrected chi connectivity index (χ2v) is 8.80. The molecule has 0 aromatic heterocycles. The number of hydrogen-bond donors (Lipinski definition) is 0. The molecule has 6 heteroatoms. The van der Waals surface area contributed by atoms with E-state index < -0.39 is 0 Å². The van der Waals surface area contributed by atoms with Gasteiger partial charge in [0.25, 0.3) is 0 Å². The maximum absolute atomic E-state index is 13.1. The highest BCUT2D eigenvalue weighted by atomic mass is 31.1. The molecule has 0 amide bonds. The van der Waals surface area contributed by atoms with E-state index in [2.05, 4.69) is 27.7 Å². The number of hydrogen-bond acceptors (Lipinski definition) is 5. The van der Waals surface area contributed by atoms with Gasteiger partial charge in [0.05, 0.1) is 27.4 Å². The molecule has 2 aromatic carbocycles. The van der Waals surface area contributed by atoms with Crippen LogP contribution >= 0.6 is 8.58 Å². The van der Waals surface area contributed by atoms with Gasteiger partial charge in [0.15, 0.2) is 5.52 Å². The van der Waals surface area contributed by atoms with E-state index in [-0.39, 0.29) is 14.1 Å². The van der Waals surface area contributed by atoms with Crippen molar-refractivity contribution in [1.29, 1.82) is 0 Å². The van der Waals surface area contributed by atoms with E-state index >= 15 is 0 Å². The maximum Gasteiger partial charge on any atom is 0.193 e. The van der Waals surface area contributed by atoms with Crippen molar-refractivity contribution in [3.8, 4) is 23.0 Å². The summed E-state index contributed by atoms with van der Waals surface area (Å²) in [6.07, 6.45) is 0. The van der Waals surface area contributed by atoms with Crippen LogP contribution in [0.2, 0.25) is 0 Å². The summed E-state index contributed by atoms with van der Waals surface area (Å²) < 4.78 is 22.6. The van der Waals surface area contributed by atoms with Gasteiger partial charge in [-0.3, -0.25) is 4.79 Å². The zero-order chi connectivity index (χ0) is 21.4. The van der Waals surface area contributed by atoms with Crippen LogP contribution in [0.5, 0.6) is 23.0 Å². The third-order valence-electron chi connectivity index (χ3n) is 4.01. The molecule has 1 unspecified atom stereocenters. The number of carbonyl (C=O) groups is 1. The lowest BCUT2D eigenvalue weighted by Gasteiger charge is -2.16. The van der Waals surface area contributed by atoms with E-state index in [1.807, 2.05) is 18.2 Å². The van der Waals surface area contributed by atoms with Gasteiger partial charge in [-0.15, -0.1) is 0 Å². The summed E-state index contributed by atoms with van der Waals surface area (Å²) in [5.74, 6) is 3.23. The molecule has 0 radical (unpaired) electrons. The first-order valence-corrected chi connectivity index (χ1v) is 10.8. The fraction of sp³-hybridized carbons (Fsp3) is 0.435. The molecule has 0 saturated carbocycles. The molecular formula is C23H31O5P. The van der Waals surface area contributed by atoms with Crippen LogP contribution in [0.15, 0.2) is 36.4 Å². The second kappa shape index (κ2) is 11.1. The zero-order valence-corrected chi connectivity index (χ0v) is 19.1. The first kappa shape index (κ1) is 23.0. The highest BCUT2D eigenvalue weighted by molar-refractivity contribution is 7.66. The molecule has 0 aliphatic carbocycles. The van der Waals surface area contributed by atoms with E-state index in [1.54, 1.807) is 32.4 Å². The van der Waals surface area contributed by atoms with E-state index in [1.165, 1.54) is 0 Å². The summed E-state index contributed by atoms with van der Waals surface area (Å²) in [6, 6.07) is 11.0. The van der Waals surface area contributed by atoms with Crippen LogP contribution in [0.1, 0.15) is 38.1 Å². The number of ether oxygens (including phenoxy) is 4. The van der Waals surface area contributed by atoms with Crippen LogP contribution in [0, 0.1) is 11.8 Å². The Bertz CT molecular complexity index is 795. The van der Waals surface area contributed by atoms with E-state index in [0.29, 0.717) is 47.9 Å². The molecule has 0 fully saturated rings. The largest absolute Gasteiger partial charge is 0.496 e. The summed E-state index contributed by atoms with van der Waals surface area (Å²) in [7, 11) is 2.97. The zero-order valence-electron chi connectivity index (χ0n) is 18.1. The van der Waals surface area contributed by atoms with Crippen LogP contribution in [-0.2, 0) is 0 Å². The molecule has 0 heterocycles. The standard InChI is InChI=1S/C23H31O5P/c1-15(2)13-27-17-10-11-21(20(12-17)28-14-16(3)4)29-23(24)22-18(25-5)8-7-9-19(22)26-6/h7-12,15-16,29H,13-14H2,1-6H3. The van der Waals surface area contributed by atoms with Gasteiger partial charge in [-0.25, -0.2) is 0 Å². The molecule has 0 aliphatic heterocycles. The predicted octanol–water partition coefficient (Wildman–Crippen LogP) is 4.92. The van der Waals surface area contributed by atoms with Crippen LogP contribution in [0.25, 0.3) is 0 Å². The molecule has 5 nitrogen and oxygen atoms in total. The van der Waals surface area contributed by atoms with Crippen molar-refractivity contribution in [2.75, 3.05) is 27.4 Å². The normalized spacial score (nSPS) is 11.3. The average molecular weight is 418 g/mol. The van der Waals surface area contributed by atoms with Crippen LogP contribution < -0.4 is 24.3 Å². The maximum atomic E-state index is 13.1. The van der Waals surface area contributed by atoms with Crippen LogP contribution in [0.3, 0.4) is 0 Å². The Balaban J connectivity index is 2.32. The van der Waals surface area contributed by atoms with Gasteiger partial charge < -0.3 is 18.9 Å². The van der Waals surface area contributed by atoms with Gasteiger partial charge in [-0.05, 0) is 44.7 Å². The van der Waals surface area contributed by atoms with Gasteiger partial charge >= 0.3 is 0 Å². The minimum atomic E-state index is -0.129. The summed E-state index contributed by atoms with van der Waals surface area (Å²) in [5, 5.41) is 0.834. The molecule has 0 spiro atoms. The fourth-order valence-electron chi connectivity index (χ4n) is 2.59. The fourth-order valence-corrected chi connectivity index (χ4v) is 3.64. The predicted molar refractivity (Wildman–Crippen MR) is 119 cm³/mol. The van der Waals surface area contributed by atoms with Gasteiger partial charge in [0.2, 0.25) is 0 Å². The SMILES string of the molecule is COc1cccc(OC)c1C(=O)Pc1ccc(OCC(C)C)cc1OCC(C)C. The quantitative estimate of drug-likeness (QED) is 0.485. The Kier molecular flexibility index (Phi) is 8.78. The minimum Gasteiger partial charge on any atom is -0.496 e. The highest BCUT2D eigenvalue weighted by Gasteiger charge is 2.20. The van der Waals surface area contributed by atoms with Crippen molar-refractivity contribution in [3.05, 3.63) is 42.0 Å². The molecule has 0 aliphatic rings. The van der Waals surface area contributed by atoms with E-state index in [4.69, 9.17) is 18.9 Å². The summed E-state index contributed by atoms with van der Waals surface area (Å²) >= 11 is 0. The molecule has 29 heavy (non-hydrogen) atoms. The Hall–Kier alpha value is -2.26. The number of methoxy groups -OCH3 is 2. The molecule has 0 N–H and O–H groups in total. The molecule has 2 aromatic rings. The third-order valence-corrected chi connectivity index (χ3v) is 5.17. The smallest absolute Gasteiger partial charge is 0.193 e. The first-order chi connectivity index (χ1) is 13.8. The highest BCUT2D eigenvalue weighted by Crippen LogP contribution is 2.35. The Morgan fingerprint density at radius 1 is 0.862 bits per heavy atom. The summed E-state index contributed by atoms with van der Waals surface area (Å²) in [5.41, 5.74) is 0.385. The van der Waals surface area contributed by atoms with Crippen LogP contribution in [-0.4, -0.2) is 33.0 Å². The summed E-state index contributed by atoms with van der Waals surface area (Å²) in [6.45, 7) is 9.58.